The van der Waals surface area contributed by atoms with Gasteiger partial charge in [0.1, 0.15) is 5.75 Å². The number of nitrogens with two attached hydrogens (primary N) is 1. The number of benzene rings is 1. The third kappa shape index (κ3) is 6.49. The van der Waals surface area contributed by atoms with Gasteiger partial charge >= 0.3 is 0 Å². The predicted octanol–water partition coefficient (Wildman–Crippen LogP) is 3.84. The van der Waals surface area contributed by atoms with Crippen molar-refractivity contribution in [2.75, 3.05) is 19.7 Å². The van der Waals surface area contributed by atoms with Gasteiger partial charge in [0.05, 0.1) is 6.61 Å². The quantitative estimate of drug-likeness (QED) is 0.751. The van der Waals surface area contributed by atoms with Crippen molar-refractivity contribution in [2.45, 2.75) is 53.1 Å². The van der Waals surface area contributed by atoms with Crippen LogP contribution in [0.1, 0.15) is 52.6 Å². The van der Waals surface area contributed by atoms with Crippen LogP contribution in [0.15, 0.2) is 24.3 Å². The fraction of sp³-hybridized carbons (Fsp3) is 0.667. The Morgan fingerprint density at radius 1 is 1.05 bits per heavy atom. The lowest BCUT2D eigenvalue weighted by Gasteiger charge is -2.30. The van der Waals surface area contributed by atoms with E-state index < -0.39 is 0 Å². The van der Waals surface area contributed by atoms with Gasteiger partial charge in [0.15, 0.2) is 0 Å². The second-order valence-electron chi connectivity index (χ2n) is 6.47. The van der Waals surface area contributed by atoms with Crippen LogP contribution in [0.25, 0.3) is 0 Å². The largest absolute Gasteiger partial charge is 0.494 e. The van der Waals surface area contributed by atoms with Crippen molar-refractivity contribution in [1.29, 1.82) is 0 Å². The predicted molar refractivity (Wildman–Crippen MR) is 90.7 cm³/mol. The summed E-state index contributed by atoms with van der Waals surface area (Å²) in [5.74, 6) is 1.58. The van der Waals surface area contributed by atoms with E-state index in [-0.39, 0.29) is 6.04 Å². The number of hydrogen-bond acceptors (Lipinski definition) is 3. The van der Waals surface area contributed by atoms with Crippen LogP contribution in [0.5, 0.6) is 5.75 Å². The molecule has 0 amide bonds. The number of nitrogens with zero attached hydrogens (tertiary/aromatic N) is 1. The maximum absolute atomic E-state index is 6.38. The van der Waals surface area contributed by atoms with Crippen LogP contribution >= 0.6 is 0 Å². The summed E-state index contributed by atoms with van der Waals surface area (Å²) in [4.78, 5) is 2.46. The smallest absolute Gasteiger partial charge is 0.119 e. The minimum Gasteiger partial charge on any atom is -0.494 e. The Bertz CT molecular complexity index is 387. The van der Waals surface area contributed by atoms with Crippen molar-refractivity contribution in [2.24, 2.45) is 11.7 Å². The molecule has 0 radical (unpaired) electrons. The molecular formula is C18H32N2O. The number of hydrogen-bond donors (Lipinski definition) is 1. The summed E-state index contributed by atoms with van der Waals surface area (Å²) in [6.07, 6.45) is 1.03. The molecule has 0 spiro atoms. The van der Waals surface area contributed by atoms with Crippen LogP contribution in [0.2, 0.25) is 0 Å². The summed E-state index contributed by atoms with van der Waals surface area (Å²) >= 11 is 0. The lowest BCUT2D eigenvalue weighted by molar-refractivity contribution is 0.186. The highest BCUT2D eigenvalue weighted by atomic mass is 16.5. The van der Waals surface area contributed by atoms with E-state index in [4.69, 9.17) is 10.5 Å². The summed E-state index contributed by atoms with van der Waals surface area (Å²) in [6.45, 7) is 13.8. The first kappa shape index (κ1) is 18.0. The summed E-state index contributed by atoms with van der Waals surface area (Å²) in [6, 6.07) is 8.78. The molecule has 1 aromatic carbocycles. The molecule has 2 N–H and O–H groups in total. The Morgan fingerprint density at radius 3 is 2.14 bits per heavy atom. The standard InChI is InChI=1S/C18H32N2O/c1-6-11-21-17-9-7-16(8-10-17)18(19)13-20(15(4)5)12-14(2)3/h7-10,14-15,18H,6,11-13,19H2,1-5H3. The van der Waals surface area contributed by atoms with E-state index in [1.165, 1.54) is 5.56 Å². The summed E-state index contributed by atoms with van der Waals surface area (Å²) in [7, 11) is 0. The van der Waals surface area contributed by atoms with Crippen molar-refractivity contribution in [1.82, 2.24) is 4.90 Å². The molecule has 0 aliphatic carbocycles. The first-order valence-corrected chi connectivity index (χ1v) is 8.16. The molecule has 0 saturated heterocycles. The van der Waals surface area contributed by atoms with E-state index in [9.17, 15) is 0 Å². The lowest BCUT2D eigenvalue weighted by Crippen LogP contribution is -2.39. The van der Waals surface area contributed by atoms with Crippen LogP contribution in [0.4, 0.5) is 0 Å². The molecule has 0 aliphatic heterocycles. The lowest BCUT2D eigenvalue weighted by atomic mass is 10.1. The van der Waals surface area contributed by atoms with Crippen LogP contribution in [-0.2, 0) is 0 Å². The highest BCUT2D eigenvalue weighted by Crippen LogP contribution is 2.18. The molecule has 3 heteroatoms. The van der Waals surface area contributed by atoms with Crippen LogP contribution in [0.3, 0.4) is 0 Å². The molecule has 120 valence electrons. The third-order valence-electron chi connectivity index (χ3n) is 3.54. The van der Waals surface area contributed by atoms with Gasteiger partial charge in [-0.3, -0.25) is 4.90 Å². The highest BCUT2D eigenvalue weighted by Gasteiger charge is 2.16. The minimum atomic E-state index is 0.0476. The molecule has 0 aromatic heterocycles. The van der Waals surface area contributed by atoms with Gasteiger partial charge < -0.3 is 10.5 Å². The zero-order valence-corrected chi connectivity index (χ0v) is 14.3. The van der Waals surface area contributed by atoms with Gasteiger partial charge in [0.25, 0.3) is 0 Å². The van der Waals surface area contributed by atoms with Gasteiger partial charge in [-0.2, -0.15) is 0 Å². The second-order valence-corrected chi connectivity index (χ2v) is 6.47. The van der Waals surface area contributed by atoms with E-state index in [1.54, 1.807) is 0 Å². The Balaban J connectivity index is 2.62. The molecule has 1 unspecified atom stereocenters. The summed E-state index contributed by atoms with van der Waals surface area (Å²) < 4.78 is 5.61. The van der Waals surface area contributed by atoms with Gasteiger partial charge in [-0.15, -0.1) is 0 Å². The SMILES string of the molecule is CCCOc1ccc(C(N)CN(CC(C)C)C(C)C)cc1. The van der Waals surface area contributed by atoms with Crippen LogP contribution in [0, 0.1) is 5.92 Å². The average Bonchev–Trinajstić information content (AvgIpc) is 2.44. The molecular weight excluding hydrogens is 260 g/mol. The zero-order chi connectivity index (χ0) is 15.8. The minimum absolute atomic E-state index is 0.0476. The normalized spacial score (nSPS) is 13.2. The maximum atomic E-state index is 6.38. The third-order valence-corrected chi connectivity index (χ3v) is 3.54. The van der Waals surface area contributed by atoms with Gasteiger partial charge in [-0.05, 0) is 43.9 Å². The Labute approximate surface area is 130 Å². The Hall–Kier alpha value is -1.06. The molecule has 1 aromatic rings. The molecule has 0 bridgehead atoms. The monoisotopic (exact) mass is 292 g/mol. The fourth-order valence-corrected chi connectivity index (χ4v) is 2.35. The molecule has 0 saturated carbocycles. The second kappa shape index (κ2) is 9.06. The van der Waals surface area contributed by atoms with Gasteiger partial charge in [0.2, 0.25) is 0 Å². The van der Waals surface area contributed by atoms with E-state index in [0.717, 1.165) is 31.9 Å². The molecule has 0 aliphatic rings. The Morgan fingerprint density at radius 2 is 1.67 bits per heavy atom. The number of ether oxygens (including phenoxy) is 1. The maximum Gasteiger partial charge on any atom is 0.119 e. The van der Waals surface area contributed by atoms with Crippen molar-refractivity contribution in [3.63, 3.8) is 0 Å². The van der Waals surface area contributed by atoms with E-state index >= 15 is 0 Å². The van der Waals surface area contributed by atoms with Crippen LogP contribution in [-0.4, -0.2) is 30.6 Å². The van der Waals surface area contributed by atoms with Crippen molar-refractivity contribution in [3.05, 3.63) is 29.8 Å². The van der Waals surface area contributed by atoms with E-state index in [2.05, 4.69) is 51.7 Å². The molecule has 21 heavy (non-hydrogen) atoms. The average molecular weight is 292 g/mol. The first-order valence-electron chi connectivity index (χ1n) is 8.16. The number of rotatable bonds is 9. The molecule has 0 fully saturated rings. The van der Waals surface area contributed by atoms with Gasteiger partial charge in [-0.25, -0.2) is 0 Å². The summed E-state index contributed by atoms with van der Waals surface area (Å²) in [5, 5.41) is 0. The Kier molecular flexibility index (Phi) is 7.76. The topological polar surface area (TPSA) is 38.5 Å². The van der Waals surface area contributed by atoms with E-state index in [0.29, 0.717) is 12.0 Å². The van der Waals surface area contributed by atoms with Crippen LogP contribution < -0.4 is 10.5 Å². The molecule has 0 heterocycles. The fourth-order valence-electron chi connectivity index (χ4n) is 2.35. The zero-order valence-electron chi connectivity index (χ0n) is 14.3. The molecule has 3 nitrogen and oxygen atoms in total. The van der Waals surface area contributed by atoms with Gasteiger partial charge in [-0.1, -0.05) is 32.9 Å². The van der Waals surface area contributed by atoms with Crippen molar-refractivity contribution in [3.8, 4) is 5.75 Å². The van der Waals surface area contributed by atoms with Gasteiger partial charge in [0, 0.05) is 25.2 Å². The first-order chi connectivity index (χ1) is 9.93. The van der Waals surface area contributed by atoms with Crippen molar-refractivity contribution < 1.29 is 4.74 Å². The van der Waals surface area contributed by atoms with E-state index in [1.807, 2.05) is 12.1 Å². The van der Waals surface area contributed by atoms with Crippen molar-refractivity contribution >= 4 is 0 Å². The highest BCUT2D eigenvalue weighted by molar-refractivity contribution is 5.29. The summed E-state index contributed by atoms with van der Waals surface area (Å²) in [5.41, 5.74) is 7.55. The molecule has 1 atom stereocenters. The molecule has 1 rings (SSSR count).